The van der Waals surface area contributed by atoms with Crippen LogP contribution in [-0.4, -0.2) is 16.6 Å². The molecule has 98 valence electrons. The molecule has 0 bridgehead atoms. The van der Waals surface area contributed by atoms with Crippen molar-refractivity contribution in [2.45, 2.75) is 33.2 Å². The first-order valence-electron chi connectivity index (χ1n) is 6.51. The Morgan fingerprint density at radius 1 is 1.33 bits per heavy atom. The lowest BCUT2D eigenvalue weighted by Crippen LogP contribution is -2.22. The lowest BCUT2D eigenvalue weighted by Gasteiger charge is -2.24. The van der Waals surface area contributed by atoms with E-state index in [1.54, 1.807) is 0 Å². The number of allylic oxidation sites excluding steroid dienone is 2. The van der Waals surface area contributed by atoms with Gasteiger partial charge in [-0.2, -0.15) is 4.98 Å². The van der Waals surface area contributed by atoms with E-state index in [1.807, 2.05) is 13.0 Å². The average Bonchev–Trinajstić information content (AvgIpc) is 2.37. The number of nitrogens with zero attached hydrogens (tertiary/aromatic N) is 2. The maximum Gasteiger partial charge on any atom is 0.316 e. The molecule has 1 heterocycles. The summed E-state index contributed by atoms with van der Waals surface area (Å²) in [6.07, 6.45) is 6.70. The lowest BCUT2D eigenvalue weighted by molar-refractivity contribution is 0.186. The van der Waals surface area contributed by atoms with Crippen LogP contribution in [0.3, 0.4) is 0 Å². The van der Waals surface area contributed by atoms with Crippen LogP contribution in [0.4, 0.5) is 0 Å². The minimum Gasteiger partial charge on any atom is -0.463 e. The number of nitrogens with two attached hydrogens (primary N) is 1. The Hall–Kier alpha value is -1.42. The van der Waals surface area contributed by atoms with E-state index in [-0.39, 0.29) is 0 Å². The van der Waals surface area contributed by atoms with Crippen LogP contribution in [0.2, 0.25) is 0 Å². The molecule has 2 unspecified atom stereocenters. The van der Waals surface area contributed by atoms with E-state index in [4.69, 9.17) is 10.5 Å². The molecule has 0 amide bonds. The summed E-state index contributed by atoms with van der Waals surface area (Å²) in [5, 5.41) is 0. The molecule has 1 aromatic rings. The highest BCUT2D eigenvalue weighted by molar-refractivity contribution is 5.12. The molecule has 0 radical (unpaired) electrons. The smallest absolute Gasteiger partial charge is 0.316 e. The summed E-state index contributed by atoms with van der Waals surface area (Å²) < 4.78 is 5.73. The van der Waals surface area contributed by atoms with Crippen molar-refractivity contribution in [1.29, 1.82) is 0 Å². The van der Waals surface area contributed by atoms with Crippen molar-refractivity contribution in [1.82, 2.24) is 9.97 Å². The minimum absolute atomic E-state index is 0.419. The minimum atomic E-state index is 0.419. The van der Waals surface area contributed by atoms with Crippen molar-refractivity contribution in [2.75, 3.05) is 6.61 Å². The van der Waals surface area contributed by atoms with E-state index in [9.17, 15) is 0 Å². The molecule has 1 aliphatic carbocycles. The summed E-state index contributed by atoms with van der Waals surface area (Å²) in [6, 6.07) is 2.34. The molecule has 2 N–H and O–H groups in total. The Balaban J connectivity index is 1.97. The fourth-order valence-electron chi connectivity index (χ4n) is 2.19. The van der Waals surface area contributed by atoms with Crippen LogP contribution < -0.4 is 10.5 Å². The van der Waals surface area contributed by atoms with Gasteiger partial charge in [0.2, 0.25) is 0 Å². The van der Waals surface area contributed by atoms with Crippen LogP contribution in [0.15, 0.2) is 18.2 Å². The molecule has 0 saturated heterocycles. The first kappa shape index (κ1) is 13.0. The molecule has 0 aliphatic heterocycles. The number of hydrogen-bond donors (Lipinski definition) is 1. The van der Waals surface area contributed by atoms with Crippen molar-refractivity contribution in [3.63, 3.8) is 0 Å². The molecule has 18 heavy (non-hydrogen) atoms. The van der Waals surface area contributed by atoms with Gasteiger partial charge in [0.1, 0.15) is 0 Å². The first-order valence-corrected chi connectivity index (χ1v) is 6.51. The highest BCUT2D eigenvalue weighted by Gasteiger charge is 2.19. The zero-order chi connectivity index (χ0) is 13.0. The fourth-order valence-corrected chi connectivity index (χ4v) is 2.19. The van der Waals surface area contributed by atoms with E-state index in [0.717, 1.165) is 24.2 Å². The lowest BCUT2D eigenvalue weighted by atomic mass is 9.85. The third-order valence-electron chi connectivity index (χ3n) is 3.44. The van der Waals surface area contributed by atoms with Crippen molar-refractivity contribution in [2.24, 2.45) is 17.6 Å². The van der Waals surface area contributed by atoms with Gasteiger partial charge in [-0.25, -0.2) is 4.98 Å². The average molecular weight is 247 g/mol. The second kappa shape index (κ2) is 5.96. The van der Waals surface area contributed by atoms with Gasteiger partial charge in [0.05, 0.1) is 12.3 Å². The van der Waals surface area contributed by atoms with E-state index < -0.39 is 0 Å². The van der Waals surface area contributed by atoms with E-state index >= 15 is 0 Å². The van der Waals surface area contributed by atoms with Gasteiger partial charge in [0, 0.05) is 12.2 Å². The Morgan fingerprint density at radius 3 is 2.83 bits per heavy atom. The zero-order valence-corrected chi connectivity index (χ0v) is 11.1. The fraction of sp³-hybridized carbons (Fsp3) is 0.571. The summed E-state index contributed by atoms with van der Waals surface area (Å²) in [4.78, 5) is 8.57. The number of aromatic nitrogens is 2. The second-order valence-electron chi connectivity index (χ2n) is 4.98. The molecule has 4 nitrogen and oxygen atoms in total. The van der Waals surface area contributed by atoms with Gasteiger partial charge in [-0.1, -0.05) is 19.1 Å². The van der Waals surface area contributed by atoms with E-state index in [1.165, 1.54) is 0 Å². The summed E-state index contributed by atoms with van der Waals surface area (Å²) in [5.41, 5.74) is 7.32. The van der Waals surface area contributed by atoms with Crippen LogP contribution in [0.5, 0.6) is 6.01 Å². The summed E-state index contributed by atoms with van der Waals surface area (Å²) in [6.45, 7) is 5.29. The third-order valence-corrected chi connectivity index (χ3v) is 3.44. The predicted molar refractivity (Wildman–Crippen MR) is 71.2 cm³/mol. The van der Waals surface area contributed by atoms with E-state index in [0.29, 0.717) is 31.0 Å². The Bertz CT molecular complexity index is 431. The number of rotatable bonds is 4. The maximum atomic E-state index is 5.73. The molecule has 2 atom stereocenters. The highest BCUT2D eigenvalue weighted by atomic mass is 16.5. The number of hydrogen-bond acceptors (Lipinski definition) is 4. The van der Waals surface area contributed by atoms with E-state index in [2.05, 4.69) is 29.0 Å². The molecule has 0 spiro atoms. The monoisotopic (exact) mass is 247 g/mol. The van der Waals surface area contributed by atoms with Crippen molar-refractivity contribution < 1.29 is 4.74 Å². The van der Waals surface area contributed by atoms with Crippen LogP contribution in [0, 0.1) is 18.8 Å². The quantitative estimate of drug-likeness (QED) is 0.829. The Labute approximate surface area is 108 Å². The molecule has 0 saturated carbocycles. The molecule has 0 aromatic carbocycles. The predicted octanol–water partition coefficient (Wildman–Crippen LogP) is 2.22. The van der Waals surface area contributed by atoms with Gasteiger partial charge in [-0.05, 0) is 37.7 Å². The first-order chi connectivity index (χ1) is 8.69. The van der Waals surface area contributed by atoms with Crippen LogP contribution in [0.25, 0.3) is 0 Å². The summed E-state index contributed by atoms with van der Waals surface area (Å²) >= 11 is 0. The van der Waals surface area contributed by atoms with Gasteiger partial charge in [-0.15, -0.1) is 0 Å². The van der Waals surface area contributed by atoms with Crippen molar-refractivity contribution >= 4 is 0 Å². The molecular formula is C14H21N3O. The molecule has 4 heteroatoms. The standard InChI is InChI=1S/C14H21N3O/c1-10-5-3-4-6-12(10)9-18-14-16-11(2)7-13(8-15)17-14/h3-4,7,10,12H,5-6,8-9,15H2,1-2H3. The van der Waals surface area contributed by atoms with Crippen LogP contribution in [0.1, 0.15) is 31.2 Å². The largest absolute Gasteiger partial charge is 0.463 e. The molecule has 0 fully saturated rings. The zero-order valence-electron chi connectivity index (χ0n) is 11.1. The van der Waals surface area contributed by atoms with Gasteiger partial charge in [0.25, 0.3) is 0 Å². The maximum absolute atomic E-state index is 5.73. The van der Waals surface area contributed by atoms with Gasteiger partial charge >= 0.3 is 6.01 Å². The Morgan fingerprint density at radius 2 is 2.11 bits per heavy atom. The van der Waals surface area contributed by atoms with Gasteiger partial charge in [-0.3, -0.25) is 0 Å². The molecule has 1 aromatic heterocycles. The molecule has 2 rings (SSSR count). The molecule has 1 aliphatic rings. The third kappa shape index (κ3) is 3.29. The summed E-state index contributed by atoms with van der Waals surface area (Å²) in [7, 11) is 0. The van der Waals surface area contributed by atoms with Gasteiger partial charge < -0.3 is 10.5 Å². The topological polar surface area (TPSA) is 61.0 Å². The van der Waals surface area contributed by atoms with Crippen molar-refractivity contribution in [3.05, 3.63) is 29.6 Å². The SMILES string of the molecule is Cc1cc(CN)nc(OCC2CC=CCC2C)n1. The van der Waals surface area contributed by atoms with Crippen LogP contribution >= 0.6 is 0 Å². The molecular weight excluding hydrogens is 226 g/mol. The van der Waals surface area contributed by atoms with Crippen LogP contribution in [-0.2, 0) is 6.54 Å². The summed E-state index contributed by atoms with van der Waals surface area (Å²) in [5.74, 6) is 1.22. The highest BCUT2D eigenvalue weighted by Crippen LogP contribution is 2.25. The Kier molecular flexibility index (Phi) is 4.31. The normalized spacial score (nSPS) is 23.1. The number of ether oxygens (including phenoxy) is 1. The van der Waals surface area contributed by atoms with Gasteiger partial charge in [0.15, 0.2) is 0 Å². The van der Waals surface area contributed by atoms with Crippen molar-refractivity contribution in [3.8, 4) is 6.01 Å². The number of aryl methyl sites for hydroxylation is 1. The second-order valence-corrected chi connectivity index (χ2v) is 4.98.